The van der Waals surface area contributed by atoms with Crippen molar-refractivity contribution in [2.24, 2.45) is 0 Å². The first-order valence-corrected chi connectivity index (χ1v) is 12.4. The fraction of sp³-hybridized carbons (Fsp3) is 0.192. The van der Waals surface area contributed by atoms with E-state index in [1.165, 1.54) is 30.0 Å². The van der Waals surface area contributed by atoms with E-state index in [1.807, 2.05) is 31.2 Å². The van der Waals surface area contributed by atoms with Crippen LogP contribution in [0.1, 0.15) is 16.8 Å². The van der Waals surface area contributed by atoms with E-state index in [9.17, 15) is 9.00 Å². The van der Waals surface area contributed by atoms with Crippen LogP contribution in [-0.2, 0) is 24.1 Å². The van der Waals surface area contributed by atoms with Crippen LogP contribution in [0.4, 0.5) is 10.2 Å². The number of nitrogens with one attached hydrogen (secondary N) is 1. The van der Waals surface area contributed by atoms with Crippen LogP contribution in [0.2, 0.25) is 0 Å². The molecule has 1 unspecified atom stereocenters. The molecule has 8 nitrogen and oxygen atoms in total. The van der Waals surface area contributed by atoms with Crippen molar-refractivity contribution in [2.75, 3.05) is 18.4 Å². The molecular weight excluding hydrogens is 481 g/mol. The Kier molecular flexibility index (Phi) is 6.62. The molecule has 5 rings (SSSR count). The third kappa shape index (κ3) is 4.65. The minimum atomic E-state index is -1.55. The van der Waals surface area contributed by atoms with Crippen molar-refractivity contribution in [2.45, 2.75) is 19.9 Å². The zero-order valence-electron chi connectivity index (χ0n) is 19.8. The van der Waals surface area contributed by atoms with E-state index in [1.54, 1.807) is 28.6 Å². The van der Waals surface area contributed by atoms with Gasteiger partial charge in [0, 0.05) is 49.1 Å². The zero-order valence-corrected chi connectivity index (χ0v) is 20.6. The quantitative estimate of drug-likeness (QED) is 0.431. The number of hydrogen-bond donors (Lipinski definition) is 1. The number of rotatable bonds is 6. The Bertz CT molecular complexity index is 1490. The van der Waals surface area contributed by atoms with Crippen LogP contribution in [-0.4, -0.2) is 36.9 Å². The first-order valence-electron chi connectivity index (χ1n) is 11.3. The van der Waals surface area contributed by atoms with Gasteiger partial charge in [0.2, 0.25) is 0 Å². The van der Waals surface area contributed by atoms with Gasteiger partial charge in [0.1, 0.15) is 11.6 Å². The minimum Gasteiger partial charge on any atom is -0.495 e. The van der Waals surface area contributed by atoms with Gasteiger partial charge < -0.3 is 4.74 Å². The van der Waals surface area contributed by atoms with Crippen LogP contribution in [0.3, 0.4) is 0 Å². The van der Waals surface area contributed by atoms with Crippen LogP contribution in [0.5, 0.6) is 5.75 Å². The molecule has 0 radical (unpaired) electrons. The van der Waals surface area contributed by atoms with Crippen molar-refractivity contribution >= 4 is 17.0 Å². The number of anilines is 1. The normalized spacial score (nSPS) is 14.2. The third-order valence-electron chi connectivity index (χ3n) is 6.10. The van der Waals surface area contributed by atoms with E-state index >= 15 is 4.39 Å². The van der Waals surface area contributed by atoms with Crippen LogP contribution in [0, 0.1) is 12.7 Å². The molecule has 10 heteroatoms. The number of halogens is 1. The number of hydrogen-bond acceptors (Lipinski definition) is 5. The molecule has 1 atom stereocenters. The number of benzene rings is 2. The van der Waals surface area contributed by atoms with Crippen LogP contribution in [0.15, 0.2) is 71.7 Å². The summed E-state index contributed by atoms with van der Waals surface area (Å²) in [6, 6.07) is 17.1. The molecule has 0 fully saturated rings. The summed E-state index contributed by atoms with van der Waals surface area (Å²) < 4.78 is 39.9. The number of aryl methyl sites for hydroxylation is 1. The summed E-state index contributed by atoms with van der Waals surface area (Å²) in [5, 5.41) is 7.69. The Morgan fingerprint density at radius 2 is 1.92 bits per heavy atom. The Labute approximate surface area is 210 Å². The fourth-order valence-corrected chi connectivity index (χ4v) is 5.22. The standard InChI is InChI=1S/C26H24FN5O3S/c1-17-5-7-18(8-6-17)20-14-24(35-2)23(15-21(20)27)32-22-11-13-31(16-19(22)9-10-26(32)33)36(34)30-25-4-3-12-28-29-25/h3-10,12,14-15H,11,13,16H2,1-2H3,(H,29,30). The van der Waals surface area contributed by atoms with E-state index in [2.05, 4.69) is 14.9 Å². The molecule has 0 bridgehead atoms. The average molecular weight is 506 g/mol. The highest BCUT2D eigenvalue weighted by Gasteiger charge is 2.26. The number of aromatic nitrogens is 3. The maximum Gasteiger partial charge on any atom is 0.255 e. The van der Waals surface area contributed by atoms with Gasteiger partial charge in [-0.15, -0.1) is 5.10 Å². The van der Waals surface area contributed by atoms with Crippen LogP contribution >= 0.6 is 0 Å². The summed E-state index contributed by atoms with van der Waals surface area (Å²) in [5.41, 5.74) is 3.79. The van der Waals surface area contributed by atoms with Crippen molar-refractivity contribution < 1.29 is 13.3 Å². The highest BCUT2D eigenvalue weighted by atomic mass is 32.2. The monoisotopic (exact) mass is 505 g/mol. The predicted molar refractivity (Wildman–Crippen MR) is 137 cm³/mol. The third-order valence-corrected chi connectivity index (χ3v) is 7.27. The number of fused-ring (bicyclic) bond motifs is 1. The van der Waals surface area contributed by atoms with Gasteiger partial charge in [-0.2, -0.15) is 5.10 Å². The Hall–Kier alpha value is -3.89. The van der Waals surface area contributed by atoms with Gasteiger partial charge in [-0.05, 0) is 36.2 Å². The van der Waals surface area contributed by atoms with Gasteiger partial charge in [-0.1, -0.05) is 35.9 Å². The summed E-state index contributed by atoms with van der Waals surface area (Å²) in [5.74, 6) is 0.337. The second-order valence-corrected chi connectivity index (χ2v) is 9.64. The highest BCUT2D eigenvalue weighted by Crippen LogP contribution is 2.34. The molecule has 2 aromatic heterocycles. The molecule has 0 saturated heterocycles. The molecule has 1 aliphatic rings. The summed E-state index contributed by atoms with van der Waals surface area (Å²) in [6.45, 7) is 2.72. The summed E-state index contributed by atoms with van der Waals surface area (Å²) in [4.78, 5) is 13.0. The maximum atomic E-state index is 15.3. The molecule has 0 amide bonds. The van der Waals surface area contributed by atoms with E-state index in [4.69, 9.17) is 4.74 Å². The molecule has 36 heavy (non-hydrogen) atoms. The van der Waals surface area contributed by atoms with Gasteiger partial charge in [0.25, 0.3) is 5.56 Å². The lowest BCUT2D eigenvalue weighted by atomic mass is 10.0. The van der Waals surface area contributed by atoms with Gasteiger partial charge in [0.15, 0.2) is 17.0 Å². The summed E-state index contributed by atoms with van der Waals surface area (Å²) >= 11 is -1.55. The Morgan fingerprint density at radius 3 is 2.64 bits per heavy atom. The maximum absolute atomic E-state index is 15.3. The van der Waals surface area contributed by atoms with Crippen molar-refractivity contribution in [1.82, 2.24) is 19.1 Å². The van der Waals surface area contributed by atoms with E-state index in [0.717, 1.165) is 22.4 Å². The number of nitrogens with zero attached hydrogens (tertiary/aromatic N) is 4. The van der Waals surface area contributed by atoms with Gasteiger partial charge in [0.05, 0.1) is 12.8 Å². The van der Waals surface area contributed by atoms with Crippen molar-refractivity contribution in [1.29, 1.82) is 0 Å². The number of ether oxygens (including phenoxy) is 1. The molecule has 0 saturated carbocycles. The highest BCUT2D eigenvalue weighted by molar-refractivity contribution is 7.84. The Balaban J connectivity index is 1.50. The molecule has 0 aliphatic carbocycles. The lowest BCUT2D eigenvalue weighted by Gasteiger charge is -2.29. The SMILES string of the molecule is COc1cc(-c2ccc(C)cc2)c(F)cc1-n1c2c(ccc1=O)CN(S(=O)Nc1cccnn1)CC2. The smallest absolute Gasteiger partial charge is 0.255 e. The molecule has 4 aromatic rings. The van der Waals surface area contributed by atoms with Crippen molar-refractivity contribution in [3.8, 4) is 22.6 Å². The molecule has 1 aliphatic heterocycles. The van der Waals surface area contributed by atoms with Crippen molar-refractivity contribution in [3.63, 3.8) is 0 Å². The molecule has 1 N–H and O–H groups in total. The van der Waals surface area contributed by atoms with Crippen LogP contribution in [0.25, 0.3) is 16.8 Å². The first kappa shape index (κ1) is 23.8. The topological polar surface area (TPSA) is 89.4 Å². The number of methoxy groups -OCH3 is 1. The predicted octanol–water partition coefficient (Wildman–Crippen LogP) is 3.80. The van der Waals surface area contributed by atoms with Crippen LogP contribution < -0.4 is 15.0 Å². The van der Waals surface area contributed by atoms with Gasteiger partial charge in [-0.25, -0.2) is 12.9 Å². The van der Waals surface area contributed by atoms with Gasteiger partial charge in [-0.3, -0.25) is 14.1 Å². The second kappa shape index (κ2) is 10.00. The molecule has 2 aromatic carbocycles. The zero-order chi connectivity index (χ0) is 25.2. The van der Waals surface area contributed by atoms with Gasteiger partial charge >= 0.3 is 0 Å². The number of pyridine rings is 1. The second-order valence-electron chi connectivity index (χ2n) is 8.42. The van der Waals surface area contributed by atoms with Crippen molar-refractivity contribution in [3.05, 3.63) is 99.9 Å². The minimum absolute atomic E-state index is 0.290. The molecule has 0 spiro atoms. The molecule has 184 valence electrons. The lowest BCUT2D eigenvalue weighted by Crippen LogP contribution is -2.38. The fourth-order valence-electron chi connectivity index (χ4n) is 4.29. The molecule has 3 heterocycles. The van der Waals surface area contributed by atoms with E-state index in [-0.39, 0.29) is 5.56 Å². The largest absolute Gasteiger partial charge is 0.495 e. The molecular formula is C26H24FN5O3S. The average Bonchev–Trinajstić information content (AvgIpc) is 2.89. The summed E-state index contributed by atoms with van der Waals surface area (Å²) in [7, 11) is 1.50. The van der Waals surface area contributed by atoms with E-state index in [0.29, 0.717) is 42.3 Å². The lowest BCUT2D eigenvalue weighted by molar-refractivity contribution is 0.403. The summed E-state index contributed by atoms with van der Waals surface area (Å²) in [6.07, 6.45) is 1.97. The van der Waals surface area contributed by atoms with E-state index < -0.39 is 17.0 Å². The Morgan fingerprint density at radius 1 is 1.11 bits per heavy atom. The first-order chi connectivity index (χ1) is 17.4.